The fraction of sp³-hybridized carbons (Fsp3) is 0.278. The lowest BCUT2D eigenvalue weighted by atomic mass is 10.1. The Balaban J connectivity index is 1.63. The van der Waals surface area contributed by atoms with E-state index in [2.05, 4.69) is 20.2 Å². The summed E-state index contributed by atoms with van der Waals surface area (Å²) >= 11 is 0. The number of aromatic amines is 1. The number of rotatable bonds is 2. The highest BCUT2D eigenvalue weighted by Crippen LogP contribution is 2.26. The molecule has 1 aliphatic rings. The van der Waals surface area contributed by atoms with Gasteiger partial charge in [0.2, 0.25) is 0 Å². The summed E-state index contributed by atoms with van der Waals surface area (Å²) < 4.78 is 0. The Morgan fingerprint density at radius 1 is 1.24 bits per heavy atom. The molecule has 25 heavy (non-hydrogen) atoms. The van der Waals surface area contributed by atoms with Crippen LogP contribution in [0.15, 0.2) is 41.3 Å². The maximum Gasteiger partial charge on any atom is 0.274 e. The van der Waals surface area contributed by atoms with Crippen molar-refractivity contribution < 1.29 is 4.79 Å². The van der Waals surface area contributed by atoms with Crippen LogP contribution in [0.4, 0.5) is 0 Å². The number of benzene rings is 1. The summed E-state index contributed by atoms with van der Waals surface area (Å²) in [5, 5.41) is 7.47. The second-order valence-electron chi connectivity index (χ2n) is 6.24. The van der Waals surface area contributed by atoms with Gasteiger partial charge in [-0.05, 0) is 25.5 Å². The summed E-state index contributed by atoms with van der Waals surface area (Å²) in [6.07, 6.45) is 2.57. The predicted octanol–water partition coefficient (Wildman–Crippen LogP) is 1.65. The Morgan fingerprint density at radius 2 is 2.04 bits per heavy atom. The van der Waals surface area contributed by atoms with E-state index in [1.54, 1.807) is 35.4 Å². The minimum Gasteiger partial charge on any atom is -0.336 e. The van der Waals surface area contributed by atoms with E-state index in [9.17, 15) is 9.59 Å². The highest BCUT2D eigenvalue weighted by molar-refractivity contribution is 6.04. The van der Waals surface area contributed by atoms with Gasteiger partial charge in [-0.3, -0.25) is 9.59 Å². The third-order valence-electron chi connectivity index (χ3n) is 4.55. The van der Waals surface area contributed by atoms with E-state index in [0.29, 0.717) is 23.9 Å². The molecule has 3 aromatic rings. The van der Waals surface area contributed by atoms with Crippen molar-refractivity contribution in [3.05, 3.63) is 64.1 Å². The first-order valence-electron chi connectivity index (χ1n) is 8.20. The first kappa shape index (κ1) is 15.4. The van der Waals surface area contributed by atoms with Crippen LogP contribution >= 0.6 is 0 Å². The van der Waals surface area contributed by atoms with Crippen LogP contribution in [0.5, 0.6) is 0 Å². The highest BCUT2D eigenvalue weighted by atomic mass is 16.2. The fourth-order valence-corrected chi connectivity index (χ4v) is 3.25. The molecule has 1 atom stereocenters. The van der Waals surface area contributed by atoms with E-state index in [1.807, 2.05) is 13.0 Å². The van der Waals surface area contributed by atoms with Gasteiger partial charge in [0.15, 0.2) is 5.69 Å². The summed E-state index contributed by atoms with van der Waals surface area (Å²) in [4.78, 5) is 35.4. The third kappa shape index (κ3) is 2.77. The van der Waals surface area contributed by atoms with Crippen LogP contribution in [-0.4, -0.2) is 44.1 Å². The predicted molar refractivity (Wildman–Crippen MR) is 92.4 cm³/mol. The van der Waals surface area contributed by atoms with Crippen LogP contribution in [0.25, 0.3) is 10.8 Å². The number of nitrogens with one attached hydrogen (secondary N) is 1. The van der Waals surface area contributed by atoms with E-state index in [4.69, 9.17) is 0 Å². The minimum absolute atomic E-state index is 0.123. The lowest BCUT2D eigenvalue weighted by molar-refractivity contribution is 0.0785. The Hall–Kier alpha value is -3.09. The zero-order valence-corrected chi connectivity index (χ0v) is 13.8. The zero-order valence-electron chi connectivity index (χ0n) is 13.8. The molecule has 0 saturated carbocycles. The first-order chi connectivity index (χ1) is 12.1. The number of aromatic nitrogens is 4. The van der Waals surface area contributed by atoms with Gasteiger partial charge in [0.25, 0.3) is 11.5 Å². The number of likely N-dealkylation sites (tertiary alicyclic amines) is 1. The van der Waals surface area contributed by atoms with E-state index in [-0.39, 0.29) is 23.1 Å². The van der Waals surface area contributed by atoms with Crippen molar-refractivity contribution >= 4 is 16.7 Å². The normalized spacial score (nSPS) is 17.2. The van der Waals surface area contributed by atoms with Gasteiger partial charge in [0.05, 0.1) is 5.39 Å². The Bertz CT molecular complexity index is 1010. The number of carbonyl (C=O) groups is 1. The van der Waals surface area contributed by atoms with Crippen LogP contribution in [-0.2, 0) is 0 Å². The smallest absolute Gasteiger partial charge is 0.274 e. The van der Waals surface area contributed by atoms with E-state index >= 15 is 0 Å². The molecule has 0 aliphatic carbocycles. The SMILES string of the molecule is Cc1ccnc([C@@H]2CCN(C(=O)c3n[nH]c(=O)c4ccccc34)C2)n1. The number of amides is 1. The molecule has 0 radical (unpaired) electrons. The monoisotopic (exact) mass is 335 g/mol. The number of H-pyrrole nitrogens is 1. The Morgan fingerprint density at radius 3 is 2.84 bits per heavy atom. The average molecular weight is 335 g/mol. The molecule has 7 nitrogen and oxygen atoms in total. The maximum atomic E-state index is 12.9. The van der Waals surface area contributed by atoms with Crippen molar-refractivity contribution in [2.24, 2.45) is 0 Å². The van der Waals surface area contributed by atoms with Gasteiger partial charge in [0.1, 0.15) is 5.82 Å². The van der Waals surface area contributed by atoms with Crippen molar-refractivity contribution in [3.63, 3.8) is 0 Å². The molecule has 1 saturated heterocycles. The Kier molecular flexibility index (Phi) is 3.76. The number of fused-ring (bicyclic) bond motifs is 1. The third-order valence-corrected chi connectivity index (χ3v) is 4.55. The molecular formula is C18H17N5O2. The lowest BCUT2D eigenvalue weighted by Gasteiger charge is -2.16. The number of carbonyl (C=O) groups excluding carboxylic acids is 1. The van der Waals surface area contributed by atoms with E-state index in [0.717, 1.165) is 17.9 Å². The van der Waals surface area contributed by atoms with Crippen LogP contribution in [0.1, 0.15) is 34.3 Å². The van der Waals surface area contributed by atoms with Crippen molar-refractivity contribution in [3.8, 4) is 0 Å². The van der Waals surface area contributed by atoms with Gasteiger partial charge in [-0.25, -0.2) is 15.1 Å². The van der Waals surface area contributed by atoms with Crippen molar-refractivity contribution in [1.29, 1.82) is 0 Å². The highest BCUT2D eigenvalue weighted by Gasteiger charge is 2.31. The van der Waals surface area contributed by atoms with Gasteiger partial charge >= 0.3 is 0 Å². The molecule has 0 bridgehead atoms. The molecule has 1 fully saturated rings. The van der Waals surface area contributed by atoms with Crippen molar-refractivity contribution in [1.82, 2.24) is 25.1 Å². The topological polar surface area (TPSA) is 91.8 Å². The summed E-state index contributed by atoms with van der Waals surface area (Å²) in [5.74, 6) is 0.718. The van der Waals surface area contributed by atoms with Crippen molar-refractivity contribution in [2.75, 3.05) is 13.1 Å². The van der Waals surface area contributed by atoms with Gasteiger partial charge in [-0.15, -0.1) is 0 Å². The quantitative estimate of drug-likeness (QED) is 0.769. The first-order valence-corrected chi connectivity index (χ1v) is 8.20. The lowest BCUT2D eigenvalue weighted by Crippen LogP contribution is -2.30. The number of aryl methyl sites for hydroxylation is 1. The van der Waals surface area contributed by atoms with E-state index in [1.165, 1.54) is 0 Å². The van der Waals surface area contributed by atoms with Gasteiger partial charge in [0, 0.05) is 36.3 Å². The molecule has 3 heterocycles. The standard InChI is InChI=1S/C18H17N5O2/c1-11-6-8-19-16(20-11)12-7-9-23(10-12)18(25)15-13-4-2-3-5-14(13)17(24)22-21-15/h2-6,8,12H,7,9-10H2,1H3,(H,22,24)/t12-/m1/s1. The van der Waals surface area contributed by atoms with Gasteiger partial charge in [-0.1, -0.05) is 18.2 Å². The summed E-state index contributed by atoms with van der Waals surface area (Å²) in [6, 6.07) is 8.88. The van der Waals surface area contributed by atoms with Crippen LogP contribution in [0.3, 0.4) is 0 Å². The molecule has 7 heteroatoms. The zero-order chi connectivity index (χ0) is 17.4. The molecule has 0 spiro atoms. The summed E-state index contributed by atoms with van der Waals surface area (Å²) in [6.45, 7) is 3.10. The Labute approximate surface area is 143 Å². The van der Waals surface area contributed by atoms with Crippen LogP contribution in [0.2, 0.25) is 0 Å². The molecule has 1 aromatic carbocycles. The minimum atomic E-state index is -0.292. The van der Waals surface area contributed by atoms with Crippen LogP contribution < -0.4 is 5.56 Å². The van der Waals surface area contributed by atoms with Crippen LogP contribution in [0, 0.1) is 6.92 Å². The van der Waals surface area contributed by atoms with Gasteiger partial charge in [-0.2, -0.15) is 5.10 Å². The maximum absolute atomic E-state index is 12.9. The average Bonchev–Trinajstić information content (AvgIpc) is 3.12. The molecular weight excluding hydrogens is 318 g/mol. The number of nitrogens with zero attached hydrogens (tertiary/aromatic N) is 4. The largest absolute Gasteiger partial charge is 0.336 e. The van der Waals surface area contributed by atoms with Crippen molar-refractivity contribution in [2.45, 2.75) is 19.3 Å². The van der Waals surface area contributed by atoms with Gasteiger partial charge < -0.3 is 4.90 Å². The molecule has 1 amide bonds. The molecule has 1 aliphatic heterocycles. The summed E-state index contributed by atoms with van der Waals surface area (Å²) in [7, 11) is 0. The second-order valence-corrected chi connectivity index (χ2v) is 6.24. The molecule has 0 unspecified atom stereocenters. The van der Waals surface area contributed by atoms with E-state index < -0.39 is 0 Å². The molecule has 4 rings (SSSR count). The second kappa shape index (κ2) is 6.08. The number of hydrogen-bond acceptors (Lipinski definition) is 5. The summed E-state index contributed by atoms with van der Waals surface area (Å²) in [5.41, 5.74) is 0.906. The molecule has 2 aromatic heterocycles. The fourth-order valence-electron chi connectivity index (χ4n) is 3.25. The molecule has 126 valence electrons. The number of hydrogen-bond donors (Lipinski definition) is 1. The molecule has 1 N–H and O–H groups in total.